The van der Waals surface area contributed by atoms with Crippen molar-refractivity contribution in [3.8, 4) is 0 Å². The summed E-state index contributed by atoms with van der Waals surface area (Å²) in [5.41, 5.74) is 0. The van der Waals surface area contributed by atoms with Crippen LogP contribution < -0.4 is 0 Å². The van der Waals surface area contributed by atoms with E-state index in [0.717, 1.165) is 23.9 Å². The summed E-state index contributed by atoms with van der Waals surface area (Å²) in [5, 5.41) is 0. The maximum atomic E-state index is 11.9. The van der Waals surface area contributed by atoms with E-state index in [4.69, 9.17) is 52.1 Å². The van der Waals surface area contributed by atoms with Crippen molar-refractivity contribution in [1.82, 2.24) is 0 Å². The first-order chi connectivity index (χ1) is 26.3. The molecule has 0 rings (SSSR count). The molecule has 0 atom stereocenters. The Morgan fingerprint density at radius 3 is 0.811 bits per heavy atom. The third-order valence-electron chi connectivity index (χ3n) is 8.04. The number of hydrogen-bond acceptors (Lipinski definition) is 12. The lowest BCUT2D eigenvalue weighted by Gasteiger charge is -2.09. The van der Waals surface area contributed by atoms with E-state index in [1.165, 1.54) is 83.5 Å². The van der Waals surface area contributed by atoms with Crippen LogP contribution >= 0.6 is 22.6 Å². The van der Waals surface area contributed by atoms with Crippen LogP contribution in [0.25, 0.3) is 0 Å². The molecule has 12 nitrogen and oxygen atoms in total. The molecule has 0 aliphatic heterocycles. The summed E-state index contributed by atoms with van der Waals surface area (Å²) in [5.74, 6) is -0.128. The van der Waals surface area contributed by atoms with Gasteiger partial charge in [-0.05, 0) is 6.42 Å². The third-order valence-corrected chi connectivity index (χ3v) is 8.49. The van der Waals surface area contributed by atoms with E-state index in [9.17, 15) is 4.79 Å². The molecular weight excluding hydrogens is 799 g/mol. The zero-order chi connectivity index (χ0) is 38.2. The molecule has 0 radical (unpaired) electrons. The fraction of sp³-hybridized carbons (Fsp3) is 0.975. The summed E-state index contributed by atoms with van der Waals surface area (Å²) in [6, 6.07) is 0. The quantitative estimate of drug-likeness (QED) is 0.0263. The van der Waals surface area contributed by atoms with E-state index < -0.39 is 0 Å². The Balaban J connectivity index is 3.12. The molecule has 0 bridgehead atoms. The second-order valence-electron chi connectivity index (χ2n) is 12.7. The molecular formula is C40H79IO12. The van der Waals surface area contributed by atoms with Crippen LogP contribution in [0.15, 0.2) is 0 Å². The molecule has 318 valence electrons. The minimum atomic E-state index is -0.128. The summed E-state index contributed by atoms with van der Waals surface area (Å²) in [4.78, 5) is 11.9. The molecule has 0 amide bonds. The molecule has 0 heterocycles. The van der Waals surface area contributed by atoms with Gasteiger partial charge in [-0.1, -0.05) is 119 Å². The van der Waals surface area contributed by atoms with Crippen LogP contribution in [0.4, 0.5) is 0 Å². The van der Waals surface area contributed by atoms with Gasteiger partial charge >= 0.3 is 5.97 Å². The van der Waals surface area contributed by atoms with Gasteiger partial charge in [0.25, 0.3) is 0 Å². The van der Waals surface area contributed by atoms with Crippen molar-refractivity contribution in [2.45, 2.75) is 110 Å². The van der Waals surface area contributed by atoms with Gasteiger partial charge in [0.05, 0.1) is 132 Å². The summed E-state index contributed by atoms with van der Waals surface area (Å²) in [6.45, 7) is 13.1. The minimum Gasteiger partial charge on any atom is -0.463 e. The number of rotatable bonds is 48. The van der Waals surface area contributed by atoms with Gasteiger partial charge in [-0.25, -0.2) is 0 Å². The SMILES string of the molecule is CCCCCCCCCCCCCCCCCC(=O)OCCOCCOCCOCCOCCOCCOCCOCCOCCOCCOCCI. The fourth-order valence-corrected chi connectivity index (χ4v) is 5.37. The molecule has 0 aliphatic carbocycles. The van der Waals surface area contributed by atoms with Crippen molar-refractivity contribution in [2.75, 3.05) is 143 Å². The molecule has 0 saturated heterocycles. The highest BCUT2D eigenvalue weighted by atomic mass is 127. The Hall–Kier alpha value is -0.200. The Labute approximate surface area is 337 Å². The smallest absolute Gasteiger partial charge is 0.305 e. The second kappa shape index (κ2) is 49.8. The molecule has 53 heavy (non-hydrogen) atoms. The standard InChI is InChI=1S/C40H79IO12/c1-2-3-4-5-6-7-8-9-10-11-12-13-14-15-16-17-40(42)53-39-38-52-37-36-51-35-34-50-33-32-49-31-30-48-29-28-47-27-26-46-25-24-45-23-22-44-21-20-43-19-18-41/h2-39H2,1H3. The van der Waals surface area contributed by atoms with Crippen molar-refractivity contribution in [3.63, 3.8) is 0 Å². The van der Waals surface area contributed by atoms with E-state index in [1.54, 1.807) is 0 Å². The van der Waals surface area contributed by atoms with Crippen LogP contribution in [0, 0.1) is 0 Å². The lowest BCUT2D eigenvalue weighted by molar-refractivity contribution is -0.145. The first-order valence-electron chi connectivity index (χ1n) is 20.8. The highest BCUT2D eigenvalue weighted by Gasteiger charge is 2.03. The van der Waals surface area contributed by atoms with Gasteiger partial charge in [0, 0.05) is 10.8 Å². The Bertz CT molecular complexity index is 680. The average molecular weight is 879 g/mol. The van der Waals surface area contributed by atoms with Crippen molar-refractivity contribution in [1.29, 1.82) is 0 Å². The second-order valence-corrected chi connectivity index (χ2v) is 13.8. The van der Waals surface area contributed by atoms with Crippen molar-refractivity contribution in [2.24, 2.45) is 0 Å². The van der Waals surface area contributed by atoms with Gasteiger partial charge in [0.15, 0.2) is 0 Å². The van der Waals surface area contributed by atoms with Crippen LogP contribution in [0.3, 0.4) is 0 Å². The molecule has 0 aromatic heterocycles. The zero-order valence-electron chi connectivity index (χ0n) is 33.6. The largest absolute Gasteiger partial charge is 0.463 e. The van der Waals surface area contributed by atoms with Gasteiger partial charge in [0.1, 0.15) is 6.61 Å². The zero-order valence-corrected chi connectivity index (χ0v) is 35.8. The Morgan fingerprint density at radius 1 is 0.321 bits per heavy atom. The normalized spacial score (nSPS) is 11.5. The van der Waals surface area contributed by atoms with Gasteiger partial charge in [-0.15, -0.1) is 0 Å². The minimum absolute atomic E-state index is 0.128. The molecule has 0 unspecified atom stereocenters. The van der Waals surface area contributed by atoms with Crippen LogP contribution in [-0.4, -0.2) is 149 Å². The highest BCUT2D eigenvalue weighted by Crippen LogP contribution is 2.14. The van der Waals surface area contributed by atoms with Crippen molar-refractivity contribution < 1.29 is 56.9 Å². The van der Waals surface area contributed by atoms with E-state index in [1.807, 2.05) is 0 Å². The topological polar surface area (TPSA) is 119 Å². The van der Waals surface area contributed by atoms with Crippen molar-refractivity contribution >= 4 is 28.6 Å². The van der Waals surface area contributed by atoms with Gasteiger partial charge < -0.3 is 52.1 Å². The third kappa shape index (κ3) is 49.8. The Kier molecular flexibility index (Phi) is 49.6. The molecule has 0 aliphatic rings. The maximum absolute atomic E-state index is 11.9. The number of hydrogen-bond donors (Lipinski definition) is 0. The predicted octanol–water partition coefficient (Wildman–Crippen LogP) is 7.39. The summed E-state index contributed by atoms with van der Waals surface area (Å²) >= 11 is 2.28. The fourth-order valence-electron chi connectivity index (χ4n) is 5.06. The monoisotopic (exact) mass is 878 g/mol. The molecule has 0 saturated carbocycles. The van der Waals surface area contributed by atoms with Crippen LogP contribution in [0.2, 0.25) is 0 Å². The Morgan fingerprint density at radius 2 is 0.547 bits per heavy atom. The maximum Gasteiger partial charge on any atom is 0.305 e. The highest BCUT2D eigenvalue weighted by molar-refractivity contribution is 14.1. The molecule has 0 N–H and O–H groups in total. The number of carbonyl (C=O) groups is 1. The van der Waals surface area contributed by atoms with Crippen LogP contribution in [-0.2, 0) is 56.9 Å². The predicted molar refractivity (Wildman–Crippen MR) is 218 cm³/mol. The lowest BCUT2D eigenvalue weighted by Crippen LogP contribution is -2.15. The number of alkyl halides is 1. The first kappa shape index (κ1) is 52.8. The van der Waals surface area contributed by atoms with E-state index in [-0.39, 0.29) is 5.97 Å². The van der Waals surface area contributed by atoms with E-state index in [0.29, 0.717) is 139 Å². The van der Waals surface area contributed by atoms with Crippen LogP contribution in [0.5, 0.6) is 0 Å². The first-order valence-corrected chi connectivity index (χ1v) is 22.3. The van der Waals surface area contributed by atoms with Gasteiger partial charge in [-0.2, -0.15) is 0 Å². The number of ether oxygens (including phenoxy) is 11. The number of esters is 1. The van der Waals surface area contributed by atoms with Crippen molar-refractivity contribution in [3.05, 3.63) is 0 Å². The van der Waals surface area contributed by atoms with E-state index >= 15 is 0 Å². The summed E-state index contributed by atoms with van der Waals surface area (Å²) < 4.78 is 60.9. The molecule has 13 heteroatoms. The summed E-state index contributed by atoms with van der Waals surface area (Å²) in [6.07, 6.45) is 20.2. The molecule has 0 aromatic carbocycles. The average Bonchev–Trinajstić information content (AvgIpc) is 3.16. The molecule has 0 fully saturated rings. The van der Waals surface area contributed by atoms with Gasteiger partial charge in [0.2, 0.25) is 0 Å². The van der Waals surface area contributed by atoms with Gasteiger partial charge in [-0.3, -0.25) is 4.79 Å². The van der Waals surface area contributed by atoms with E-state index in [2.05, 4.69) is 29.5 Å². The lowest BCUT2D eigenvalue weighted by atomic mass is 10.0. The molecule has 0 spiro atoms. The summed E-state index contributed by atoms with van der Waals surface area (Å²) in [7, 11) is 0. The van der Waals surface area contributed by atoms with Crippen LogP contribution in [0.1, 0.15) is 110 Å². The number of halogens is 1. The number of carbonyl (C=O) groups excluding carboxylic acids is 1. The molecule has 0 aromatic rings. The number of unbranched alkanes of at least 4 members (excludes halogenated alkanes) is 14.